The van der Waals surface area contributed by atoms with E-state index in [1.165, 1.54) is 23.5 Å². The average Bonchev–Trinajstić information content (AvgIpc) is 3.44. The maximum Gasteiger partial charge on any atom is 0.240 e. The average molecular weight is 510 g/mol. The molecule has 0 unspecified atom stereocenters. The van der Waals surface area contributed by atoms with Crippen LogP contribution in [0, 0.1) is 5.82 Å². The van der Waals surface area contributed by atoms with Crippen LogP contribution in [0.2, 0.25) is 0 Å². The van der Waals surface area contributed by atoms with Crippen LogP contribution in [-0.2, 0) is 10.0 Å². The molecule has 0 aliphatic carbocycles. The SMILES string of the molecule is O=S(=O)(NCCNc1cc(-c2c(-c3cccc(O)c3)nc3sccn23)ccn1)c1ccc(F)cc1. The van der Waals surface area contributed by atoms with Crippen molar-refractivity contribution in [2.24, 2.45) is 0 Å². The molecule has 0 spiro atoms. The predicted octanol–water partition coefficient (Wildman–Crippen LogP) is 4.36. The highest BCUT2D eigenvalue weighted by Crippen LogP contribution is 2.35. The summed E-state index contributed by atoms with van der Waals surface area (Å²) in [5.41, 5.74) is 3.24. The monoisotopic (exact) mass is 509 g/mol. The van der Waals surface area contributed by atoms with Gasteiger partial charge in [0.05, 0.1) is 16.3 Å². The minimum atomic E-state index is -3.74. The Hall–Kier alpha value is -3.80. The van der Waals surface area contributed by atoms with Crippen LogP contribution < -0.4 is 10.0 Å². The first-order chi connectivity index (χ1) is 16.9. The largest absolute Gasteiger partial charge is 0.508 e. The number of thiazole rings is 1. The molecule has 0 atom stereocenters. The van der Waals surface area contributed by atoms with E-state index in [0.717, 1.165) is 39.6 Å². The molecule has 3 N–H and O–H groups in total. The van der Waals surface area contributed by atoms with Crippen LogP contribution in [0.15, 0.2) is 83.3 Å². The van der Waals surface area contributed by atoms with Gasteiger partial charge in [0.2, 0.25) is 10.0 Å². The lowest BCUT2D eigenvalue weighted by Gasteiger charge is -2.10. The number of pyridine rings is 1. The summed E-state index contributed by atoms with van der Waals surface area (Å²) in [5, 5.41) is 15.0. The van der Waals surface area contributed by atoms with E-state index in [1.54, 1.807) is 24.4 Å². The molecule has 0 saturated heterocycles. The Morgan fingerprint density at radius 2 is 1.86 bits per heavy atom. The molecule has 35 heavy (non-hydrogen) atoms. The lowest BCUT2D eigenvalue weighted by Crippen LogP contribution is -2.29. The molecule has 0 bridgehead atoms. The van der Waals surface area contributed by atoms with Gasteiger partial charge in [0, 0.05) is 42.0 Å². The van der Waals surface area contributed by atoms with Crippen LogP contribution >= 0.6 is 11.3 Å². The lowest BCUT2D eigenvalue weighted by atomic mass is 10.1. The second kappa shape index (κ2) is 9.45. The van der Waals surface area contributed by atoms with Gasteiger partial charge in [-0.1, -0.05) is 12.1 Å². The summed E-state index contributed by atoms with van der Waals surface area (Å²) in [7, 11) is -3.74. The van der Waals surface area contributed by atoms with Crippen molar-refractivity contribution >= 4 is 32.1 Å². The number of rotatable bonds is 8. The van der Waals surface area contributed by atoms with E-state index in [-0.39, 0.29) is 23.7 Å². The Bertz CT molecular complexity index is 1600. The maximum atomic E-state index is 13.1. The second-order valence-electron chi connectivity index (χ2n) is 7.62. The topological polar surface area (TPSA) is 109 Å². The molecule has 0 radical (unpaired) electrons. The third kappa shape index (κ3) is 4.87. The molecule has 8 nitrogen and oxygen atoms in total. The van der Waals surface area contributed by atoms with Crippen molar-refractivity contribution in [3.8, 4) is 28.3 Å². The van der Waals surface area contributed by atoms with Gasteiger partial charge < -0.3 is 10.4 Å². The Balaban J connectivity index is 1.34. The van der Waals surface area contributed by atoms with Crippen molar-refractivity contribution in [1.82, 2.24) is 19.1 Å². The predicted molar refractivity (Wildman–Crippen MR) is 133 cm³/mol. The number of hydrogen-bond acceptors (Lipinski definition) is 7. The van der Waals surface area contributed by atoms with E-state index in [2.05, 4.69) is 15.0 Å². The number of anilines is 1. The second-order valence-corrected chi connectivity index (χ2v) is 10.3. The summed E-state index contributed by atoms with van der Waals surface area (Å²) >= 11 is 1.51. The van der Waals surface area contributed by atoms with Crippen molar-refractivity contribution in [2.45, 2.75) is 4.90 Å². The summed E-state index contributed by atoms with van der Waals surface area (Å²) in [6.45, 7) is 0.401. The molecule has 0 aliphatic heterocycles. The number of aromatic hydroxyl groups is 1. The molecular weight excluding hydrogens is 489 g/mol. The number of halogens is 1. The van der Waals surface area contributed by atoms with Gasteiger partial charge in [0.25, 0.3) is 0 Å². The Labute approximate surface area is 204 Å². The molecule has 5 rings (SSSR count). The normalized spacial score (nSPS) is 11.7. The van der Waals surface area contributed by atoms with E-state index < -0.39 is 15.8 Å². The van der Waals surface area contributed by atoms with Crippen molar-refractivity contribution in [3.05, 3.63) is 84.3 Å². The first kappa shape index (κ1) is 23.0. The number of hydrogen-bond donors (Lipinski definition) is 3. The van der Waals surface area contributed by atoms with Crippen molar-refractivity contribution in [3.63, 3.8) is 0 Å². The smallest absolute Gasteiger partial charge is 0.240 e. The number of sulfonamides is 1. The first-order valence-corrected chi connectivity index (χ1v) is 13.0. The zero-order chi connectivity index (χ0) is 24.4. The number of benzene rings is 2. The van der Waals surface area contributed by atoms with Gasteiger partial charge in [0.15, 0.2) is 4.96 Å². The van der Waals surface area contributed by atoms with Gasteiger partial charge in [-0.15, -0.1) is 11.3 Å². The van der Waals surface area contributed by atoms with Gasteiger partial charge >= 0.3 is 0 Å². The van der Waals surface area contributed by atoms with Crippen molar-refractivity contribution in [2.75, 3.05) is 18.4 Å². The fourth-order valence-corrected chi connectivity index (χ4v) is 5.41. The zero-order valence-electron chi connectivity index (χ0n) is 18.2. The number of aromatic nitrogens is 3. The standard InChI is InChI=1S/C24H20FN5O3S2/c25-18-4-6-20(7-5-18)35(32,33)28-11-10-27-21-15-17(8-9-26-21)23-22(16-2-1-3-19(31)14-16)29-24-30(23)12-13-34-24/h1-9,12-15,28,31H,10-11H2,(H,26,27). The highest BCUT2D eigenvalue weighted by Gasteiger charge is 2.18. The fourth-order valence-electron chi connectivity index (χ4n) is 3.66. The highest BCUT2D eigenvalue weighted by molar-refractivity contribution is 7.89. The Morgan fingerprint density at radius 1 is 1.03 bits per heavy atom. The van der Waals surface area contributed by atoms with E-state index >= 15 is 0 Å². The van der Waals surface area contributed by atoms with Crippen LogP contribution in [0.25, 0.3) is 27.5 Å². The van der Waals surface area contributed by atoms with E-state index in [4.69, 9.17) is 4.98 Å². The van der Waals surface area contributed by atoms with Crippen LogP contribution in [-0.4, -0.2) is 41.0 Å². The molecule has 0 fully saturated rings. The van der Waals surface area contributed by atoms with Gasteiger partial charge in [-0.3, -0.25) is 4.40 Å². The summed E-state index contributed by atoms with van der Waals surface area (Å²) in [6, 6.07) is 15.3. The Kier molecular flexibility index (Phi) is 6.20. The molecule has 5 aromatic rings. The summed E-state index contributed by atoms with van der Waals surface area (Å²) in [4.78, 5) is 9.91. The van der Waals surface area contributed by atoms with E-state index in [1.807, 2.05) is 34.2 Å². The van der Waals surface area contributed by atoms with Crippen LogP contribution in [0.4, 0.5) is 10.2 Å². The molecule has 0 aliphatic rings. The lowest BCUT2D eigenvalue weighted by molar-refractivity contribution is 0.475. The van der Waals surface area contributed by atoms with Gasteiger partial charge in [-0.25, -0.2) is 27.5 Å². The van der Waals surface area contributed by atoms with Gasteiger partial charge in [-0.2, -0.15) is 0 Å². The molecule has 3 heterocycles. The molecule has 3 aromatic heterocycles. The fraction of sp³-hybridized carbons (Fsp3) is 0.0833. The Morgan fingerprint density at radius 3 is 2.66 bits per heavy atom. The molecular formula is C24H20FN5O3S2. The van der Waals surface area contributed by atoms with Crippen LogP contribution in [0.3, 0.4) is 0 Å². The number of fused-ring (bicyclic) bond motifs is 1. The maximum absolute atomic E-state index is 13.1. The van der Waals surface area contributed by atoms with E-state index in [0.29, 0.717) is 5.82 Å². The van der Waals surface area contributed by atoms with Gasteiger partial charge in [0.1, 0.15) is 17.4 Å². The first-order valence-electron chi connectivity index (χ1n) is 10.6. The number of nitrogens with one attached hydrogen (secondary N) is 2. The van der Waals surface area contributed by atoms with Gasteiger partial charge in [-0.05, 0) is 48.5 Å². The minimum Gasteiger partial charge on any atom is -0.508 e. The molecule has 11 heteroatoms. The summed E-state index contributed by atoms with van der Waals surface area (Å²) < 4.78 is 42.2. The summed E-state index contributed by atoms with van der Waals surface area (Å²) in [6.07, 6.45) is 3.60. The summed E-state index contributed by atoms with van der Waals surface area (Å²) in [5.74, 6) is 0.224. The quantitative estimate of drug-likeness (QED) is 0.268. The van der Waals surface area contributed by atoms with Crippen molar-refractivity contribution in [1.29, 1.82) is 0 Å². The minimum absolute atomic E-state index is 0.000914. The number of phenolic OH excluding ortho intramolecular Hbond substituents is 1. The molecule has 0 saturated carbocycles. The molecule has 2 aromatic carbocycles. The van der Waals surface area contributed by atoms with Crippen LogP contribution in [0.5, 0.6) is 5.75 Å². The number of nitrogens with zero attached hydrogens (tertiary/aromatic N) is 3. The van der Waals surface area contributed by atoms with Crippen molar-refractivity contribution < 1.29 is 17.9 Å². The third-order valence-corrected chi connectivity index (χ3v) is 7.50. The third-order valence-electron chi connectivity index (χ3n) is 5.26. The number of phenols is 1. The zero-order valence-corrected chi connectivity index (χ0v) is 19.9. The highest BCUT2D eigenvalue weighted by atomic mass is 32.2. The van der Waals surface area contributed by atoms with Crippen LogP contribution in [0.1, 0.15) is 0 Å². The molecule has 178 valence electrons. The van der Waals surface area contributed by atoms with E-state index in [9.17, 15) is 17.9 Å². The molecule has 0 amide bonds. The number of imidazole rings is 1.